The van der Waals surface area contributed by atoms with Gasteiger partial charge in [0.1, 0.15) is 11.6 Å². The van der Waals surface area contributed by atoms with Crippen molar-refractivity contribution in [1.82, 2.24) is 19.0 Å². The number of fused-ring (bicyclic) bond motifs is 4. The molecule has 218 valence electrons. The van der Waals surface area contributed by atoms with Crippen LogP contribution in [0.3, 0.4) is 0 Å². The van der Waals surface area contributed by atoms with Gasteiger partial charge in [-0.05, 0) is 56.5 Å². The minimum absolute atomic E-state index is 0.00556. The number of amides is 1. The number of para-hydroxylation sites is 1. The number of Topliss-reactive ketones (excluding diaryl/α,β-unsaturated/α-hetero) is 1. The lowest BCUT2D eigenvalue weighted by Crippen LogP contribution is -2.35. The van der Waals surface area contributed by atoms with Crippen LogP contribution >= 0.6 is 0 Å². The van der Waals surface area contributed by atoms with E-state index in [0.717, 1.165) is 52.7 Å². The molecule has 3 aromatic carbocycles. The van der Waals surface area contributed by atoms with E-state index in [1.54, 1.807) is 19.1 Å². The van der Waals surface area contributed by atoms with Crippen molar-refractivity contribution in [3.05, 3.63) is 77.5 Å². The Morgan fingerprint density at radius 2 is 1.95 bits per heavy atom. The molecule has 5 aromatic rings. The van der Waals surface area contributed by atoms with Gasteiger partial charge in [-0.25, -0.2) is 4.98 Å². The fourth-order valence-corrected chi connectivity index (χ4v) is 6.37. The van der Waals surface area contributed by atoms with Crippen LogP contribution in [-0.4, -0.2) is 61.2 Å². The Bertz CT molecular complexity index is 1930. The van der Waals surface area contributed by atoms with Crippen molar-refractivity contribution in [1.29, 1.82) is 0 Å². The summed E-state index contributed by atoms with van der Waals surface area (Å²) in [6.45, 7) is 3.03. The number of aliphatic hydroxyl groups is 1. The standard InChI is InChI=1S/C34H33N5O4/c1-21(41)22-10-11-28-31(16-22)39(33(36-28)27-19-37(2)30-9-4-3-8-25(27)30)13-6-14-43-32-17-29-26(15-23(32)20-40)34(42)38-12-5-7-24(38)18-35-29/h3-4,8-11,15-19,24,40H,5-7,12-14,20H2,1-2H3/t24-/m0/s1. The number of hydrogen-bond acceptors (Lipinski definition) is 6. The van der Waals surface area contributed by atoms with E-state index in [1.165, 1.54) is 0 Å². The van der Waals surface area contributed by atoms with Crippen molar-refractivity contribution in [3.63, 3.8) is 0 Å². The topological polar surface area (TPSA) is 102 Å². The van der Waals surface area contributed by atoms with Gasteiger partial charge in [0.25, 0.3) is 5.91 Å². The lowest BCUT2D eigenvalue weighted by Gasteiger charge is -2.20. The highest BCUT2D eigenvalue weighted by atomic mass is 16.5. The van der Waals surface area contributed by atoms with E-state index in [9.17, 15) is 14.7 Å². The fraction of sp³-hybridized carbons (Fsp3) is 0.294. The van der Waals surface area contributed by atoms with Crippen molar-refractivity contribution < 1.29 is 19.4 Å². The van der Waals surface area contributed by atoms with E-state index in [2.05, 4.69) is 32.5 Å². The molecule has 2 aromatic heterocycles. The number of aliphatic imine (C=N–C) groups is 1. The molecule has 43 heavy (non-hydrogen) atoms. The maximum atomic E-state index is 13.2. The third-order valence-electron chi connectivity index (χ3n) is 8.60. The molecule has 0 spiro atoms. The van der Waals surface area contributed by atoms with Crippen molar-refractivity contribution in [3.8, 4) is 17.1 Å². The van der Waals surface area contributed by atoms with Crippen molar-refractivity contribution in [2.45, 2.75) is 45.4 Å². The highest BCUT2D eigenvalue weighted by Gasteiger charge is 2.32. The Morgan fingerprint density at radius 3 is 2.79 bits per heavy atom. The van der Waals surface area contributed by atoms with Gasteiger partial charge in [-0.15, -0.1) is 0 Å². The van der Waals surface area contributed by atoms with Crippen molar-refractivity contribution in [2.24, 2.45) is 12.0 Å². The second-order valence-electron chi connectivity index (χ2n) is 11.3. The molecule has 1 fully saturated rings. The second kappa shape index (κ2) is 10.8. The number of carbonyl (C=O) groups is 2. The summed E-state index contributed by atoms with van der Waals surface area (Å²) >= 11 is 0. The summed E-state index contributed by atoms with van der Waals surface area (Å²) in [5.74, 6) is 1.32. The second-order valence-corrected chi connectivity index (χ2v) is 11.3. The maximum absolute atomic E-state index is 13.2. The average Bonchev–Trinajstić information content (AvgIpc) is 3.71. The molecule has 2 aliphatic heterocycles. The summed E-state index contributed by atoms with van der Waals surface area (Å²) in [6.07, 6.45) is 6.48. The molecule has 4 heterocycles. The lowest BCUT2D eigenvalue weighted by atomic mass is 10.1. The summed E-state index contributed by atoms with van der Waals surface area (Å²) in [7, 11) is 2.03. The van der Waals surface area contributed by atoms with Crippen molar-refractivity contribution >= 4 is 45.5 Å². The molecule has 9 heteroatoms. The van der Waals surface area contributed by atoms with Crippen molar-refractivity contribution in [2.75, 3.05) is 13.2 Å². The van der Waals surface area contributed by atoms with E-state index in [4.69, 9.17) is 9.72 Å². The zero-order chi connectivity index (χ0) is 29.7. The van der Waals surface area contributed by atoms with Crippen LogP contribution in [0.2, 0.25) is 0 Å². The Balaban J connectivity index is 1.18. The van der Waals surface area contributed by atoms with Gasteiger partial charge in [-0.2, -0.15) is 0 Å². The van der Waals surface area contributed by atoms with Crippen LogP contribution in [-0.2, 0) is 20.2 Å². The first-order valence-corrected chi connectivity index (χ1v) is 14.7. The zero-order valence-corrected chi connectivity index (χ0v) is 24.3. The van der Waals surface area contributed by atoms with E-state index in [1.807, 2.05) is 48.5 Å². The monoisotopic (exact) mass is 575 g/mol. The number of imidazole rings is 1. The number of nitrogens with zero attached hydrogens (tertiary/aromatic N) is 5. The molecule has 1 atom stereocenters. The Kier molecular flexibility index (Phi) is 6.82. The van der Waals surface area contributed by atoms with Gasteiger partial charge in [0.15, 0.2) is 5.78 Å². The smallest absolute Gasteiger partial charge is 0.256 e. The minimum atomic E-state index is -0.242. The first-order valence-electron chi connectivity index (χ1n) is 14.7. The maximum Gasteiger partial charge on any atom is 0.256 e. The summed E-state index contributed by atoms with van der Waals surface area (Å²) in [4.78, 5) is 36.9. The van der Waals surface area contributed by atoms with Crippen LogP contribution in [0.1, 0.15) is 52.5 Å². The number of ether oxygens (including phenoxy) is 1. The first kappa shape index (κ1) is 27.1. The molecule has 0 bridgehead atoms. The molecule has 2 aliphatic rings. The molecule has 1 N–H and O–H groups in total. The van der Waals surface area contributed by atoms with Crippen LogP contribution in [0.15, 0.2) is 65.8 Å². The molecule has 1 saturated heterocycles. The van der Waals surface area contributed by atoms with Gasteiger partial charge >= 0.3 is 0 Å². The lowest BCUT2D eigenvalue weighted by molar-refractivity contribution is 0.0774. The third kappa shape index (κ3) is 4.70. The van der Waals surface area contributed by atoms with Gasteiger partial charge in [0.2, 0.25) is 0 Å². The number of benzene rings is 3. The van der Waals surface area contributed by atoms with Gasteiger partial charge in [0, 0.05) is 66.2 Å². The molecule has 0 saturated carbocycles. The molecule has 7 rings (SSSR count). The minimum Gasteiger partial charge on any atom is -0.493 e. The predicted molar refractivity (Wildman–Crippen MR) is 166 cm³/mol. The Morgan fingerprint density at radius 1 is 1.09 bits per heavy atom. The molecular weight excluding hydrogens is 542 g/mol. The number of hydrogen-bond donors (Lipinski definition) is 1. The normalized spacial score (nSPS) is 16.1. The number of rotatable bonds is 8. The number of ketones is 1. The number of aryl methyl sites for hydroxylation is 2. The van der Waals surface area contributed by atoms with Crippen LogP contribution in [0.5, 0.6) is 5.75 Å². The zero-order valence-electron chi connectivity index (χ0n) is 24.3. The largest absolute Gasteiger partial charge is 0.493 e. The van der Waals surface area contributed by atoms with Gasteiger partial charge in [-0.3, -0.25) is 14.6 Å². The SMILES string of the molecule is CC(=O)c1ccc2nc(-c3cn(C)c4ccccc34)n(CCCOc3cc4c(cc3CO)C(=O)N3CCC[C@H]3C=N4)c2c1. The summed E-state index contributed by atoms with van der Waals surface area (Å²) in [5.41, 5.74) is 6.14. The molecular formula is C34H33N5O4. The van der Waals surface area contributed by atoms with Crippen LogP contribution < -0.4 is 4.74 Å². The van der Waals surface area contributed by atoms with Gasteiger partial charge in [-0.1, -0.05) is 18.2 Å². The van der Waals surface area contributed by atoms with E-state index in [0.29, 0.717) is 47.7 Å². The molecule has 9 nitrogen and oxygen atoms in total. The highest BCUT2D eigenvalue weighted by Crippen LogP contribution is 2.35. The molecule has 0 aliphatic carbocycles. The van der Waals surface area contributed by atoms with E-state index < -0.39 is 0 Å². The molecule has 1 amide bonds. The van der Waals surface area contributed by atoms with Gasteiger partial charge in [0.05, 0.1) is 41.5 Å². The average molecular weight is 576 g/mol. The van der Waals surface area contributed by atoms with Crippen LogP contribution in [0, 0.1) is 0 Å². The Hall–Kier alpha value is -4.76. The summed E-state index contributed by atoms with van der Waals surface area (Å²) in [6, 6.07) is 17.4. The number of carbonyl (C=O) groups excluding carboxylic acids is 2. The quantitative estimate of drug-likeness (QED) is 0.190. The number of aromatic nitrogens is 3. The number of aliphatic hydroxyl groups excluding tert-OH is 1. The van der Waals surface area contributed by atoms with Crippen LogP contribution in [0.25, 0.3) is 33.3 Å². The highest BCUT2D eigenvalue weighted by molar-refractivity contribution is 6.03. The summed E-state index contributed by atoms with van der Waals surface area (Å²) < 4.78 is 10.5. The fourth-order valence-electron chi connectivity index (χ4n) is 6.37. The molecule has 0 radical (unpaired) electrons. The summed E-state index contributed by atoms with van der Waals surface area (Å²) in [5, 5.41) is 11.2. The van der Waals surface area contributed by atoms with Crippen LogP contribution in [0.4, 0.5) is 5.69 Å². The predicted octanol–water partition coefficient (Wildman–Crippen LogP) is 5.68. The Labute approximate surface area is 249 Å². The third-order valence-corrected chi connectivity index (χ3v) is 8.60. The molecule has 0 unspecified atom stereocenters. The van der Waals surface area contributed by atoms with E-state index >= 15 is 0 Å². The first-order chi connectivity index (χ1) is 20.9. The van der Waals surface area contributed by atoms with Gasteiger partial charge < -0.3 is 23.9 Å². The van der Waals surface area contributed by atoms with E-state index in [-0.39, 0.29) is 24.3 Å².